The van der Waals surface area contributed by atoms with Crippen molar-refractivity contribution in [2.75, 3.05) is 6.67 Å². The molecular formula is C12H18FN. The van der Waals surface area contributed by atoms with E-state index >= 15 is 0 Å². The molecule has 1 atom stereocenters. The van der Waals surface area contributed by atoms with E-state index in [9.17, 15) is 4.39 Å². The lowest BCUT2D eigenvalue weighted by atomic mass is 10.1. The molecule has 14 heavy (non-hydrogen) atoms. The highest BCUT2D eigenvalue weighted by atomic mass is 19.1. The minimum Gasteiger partial charge on any atom is -0.307 e. The summed E-state index contributed by atoms with van der Waals surface area (Å²) in [4.78, 5) is 0. The summed E-state index contributed by atoms with van der Waals surface area (Å²) in [5.41, 5.74) is 1.20. The first-order valence-corrected chi connectivity index (χ1v) is 5.07. The second-order valence-corrected chi connectivity index (χ2v) is 3.87. The Balaban J connectivity index is 2.40. The molecule has 2 heteroatoms. The van der Waals surface area contributed by atoms with Crippen LogP contribution in [0, 0.1) is 5.92 Å². The molecule has 78 valence electrons. The predicted octanol–water partition coefficient (Wildman–Crippen LogP) is 2.77. The fraction of sp³-hybridized carbons (Fsp3) is 0.500. The van der Waals surface area contributed by atoms with Gasteiger partial charge in [0, 0.05) is 12.6 Å². The van der Waals surface area contributed by atoms with E-state index in [-0.39, 0.29) is 12.7 Å². The lowest BCUT2D eigenvalue weighted by Gasteiger charge is -2.18. The van der Waals surface area contributed by atoms with Crippen LogP contribution in [0.5, 0.6) is 0 Å². The van der Waals surface area contributed by atoms with Gasteiger partial charge in [-0.05, 0) is 11.5 Å². The fourth-order valence-electron chi connectivity index (χ4n) is 1.31. The minimum atomic E-state index is -0.301. The number of hydrogen-bond donors (Lipinski definition) is 1. The van der Waals surface area contributed by atoms with Crippen molar-refractivity contribution >= 4 is 0 Å². The normalized spacial score (nSPS) is 13.1. The zero-order chi connectivity index (χ0) is 10.4. The first-order valence-electron chi connectivity index (χ1n) is 5.07. The molecule has 0 aliphatic rings. The van der Waals surface area contributed by atoms with E-state index in [0.29, 0.717) is 5.92 Å². The zero-order valence-corrected chi connectivity index (χ0v) is 8.83. The van der Waals surface area contributed by atoms with Crippen LogP contribution in [0.1, 0.15) is 19.4 Å². The number of hydrogen-bond acceptors (Lipinski definition) is 1. The van der Waals surface area contributed by atoms with Gasteiger partial charge in [-0.3, -0.25) is 0 Å². The molecule has 0 unspecified atom stereocenters. The van der Waals surface area contributed by atoms with Gasteiger partial charge < -0.3 is 5.32 Å². The number of halogens is 1. The van der Waals surface area contributed by atoms with Crippen LogP contribution in [0.3, 0.4) is 0 Å². The number of benzene rings is 1. The highest BCUT2D eigenvalue weighted by molar-refractivity contribution is 5.14. The second-order valence-electron chi connectivity index (χ2n) is 3.87. The molecule has 0 saturated carbocycles. The second kappa shape index (κ2) is 5.76. The van der Waals surface area contributed by atoms with Crippen molar-refractivity contribution in [2.45, 2.75) is 26.4 Å². The van der Waals surface area contributed by atoms with Crippen molar-refractivity contribution in [3.05, 3.63) is 35.9 Å². The molecule has 0 saturated heterocycles. The molecule has 1 aromatic carbocycles. The Labute approximate surface area is 85.3 Å². The maximum absolute atomic E-state index is 12.5. The largest absolute Gasteiger partial charge is 0.307 e. The van der Waals surface area contributed by atoms with Crippen molar-refractivity contribution in [2.24, 2.45) is 5.92 Å². The lowest BCUT2D eigenvalue weighted by molar-refractivity contribution is 0.309. The fourth-order valence-corrected chi connectivity index (χ4v) is 1.31. The Morgan fingerprint density at radius 2 is 1.86 bits per heavy atom. The monoisotopic (exact) mass is 195 g/mol. The van der Waals surface area contributed by atoms with Crippen LogP contribution < -0.4 is 5.32 Å². The van der Waals surface area contributed by atoms with E-state index in [2.05, 4.69) is 5.32 Å². The summed E-state index contributed by atoms with van der Waals surface area (Å²) in [5.74, 6) is 0.337. The predicted molar refractivity (Wildman–Crippen MR) is 57.9 cm³/mol. The third kappa shape index (κ3) is 3.46. The first kappa shape index (κ1) is 11.2. The molecule has 1 aromatic rings. The quantitative estimate of drug-likeness (QED) is 0.761. The average Bonchev–Trinajstić information content (AvgIpc) is 2.20. The molecule has 1 rings (SSSR count). The molecule has 0 spiro atoms. The molecule has 0 aliphatic heterocycles. The lowest BCUT2D eigenvalue weighted by Crippen LogP contribution is -2.35. The van der Waals surface area contributed by atoms with Crippen LogP contribution in [0.2, 0.25) is 0 Å². The number of alkyl halides is 1. The van der Waals surface area contributed by atoms with Gasteiger partial charge in [0.1, 0.15) is 6.67 Å². The molecule has 0 heterocycles. The van der Waals surface area contributed by atoms with Crippen molar-refractivity contribution in [3.63, 3.8) is 0 Å². The average molecular weight is 195 g/mol. The van der Waals surface area contributed by atoms with E-state index in [4.69, 9.17) is 0 Å². The van der Waals surface area contributed by atoms with Crippen molar-refractivity contribution in [1.82, 2.24) is 5.32 Å². The van der Waals surface area contributed by atoms with Gasteiger partial charge in [0.2, 0.25) is 0 Å². The molecule has 0 aromatic heterocycles. The zero-order valence-electron chi connectivity index (χ0n) is 8.83. The Morgan fingerprint density at radius 1 is 1.21 bits per heavy atom. The van der Waals surface area contributed by atoms with Gasteiger partial charge in [0.15, 0.2) is 0 Å². The van der Waals surface area contributed by atoms with Crippen molar-refractivity contribution in [3.8, 4) is 0 Å². The summed E-state index contributed by atoms with van der Waals surface area (Å²) in [5, 5.41) is 3.21. The van der Waals surface area contributed by atoms with Gasteiger partial charge in [-0.1, -0.05) is 44.2 Å². The molecule has 1 nitrogen and oxygen atoms in total. The van der Waals surface area contributed by atoms with Crippen molar-refractivity contribution in [1.29, 1.82) is 0 Å². The van der Waals surface area contributed by atoms with E-state index < -0.39 is 0 Å². The summed E-state index contributed by atoms with van der Waals surface area (Å²) in [6.07, 6.45) is 0. The Kier molecular flexibility index (Phi) is 4.60. The topological polar surface area (TPSA) is 12.0 Å². The van der Waals surface area contributed by atoms with Crippen LogP contribution in [0.25, 0.3) is 0 Å². The standard InChI is InChI=1S/C12H18FN/c1-10(2)12(8-13)14-9-11-6-4-3-5-7-11/h3-7,10,12,14H,8-9H2,1-2H3/t12-/m1/s1. The van der Waals surface area contributed by atoms with Crippen LogP contribution >= 0.6 is 0 Å². The molecule has 0 radical (unpaired) electrons. The maximum Gasteiger partial charge on any atom is 0.105 e. The van der Waals surface area contributed by atoms with Crippen molar-refractivity contribution < 1.29 is 4.39 Å². The number of rotatable bonds is 5. The van der Waals surface area contributed by atoms with Crippen LogP contribution in [0.4, 0.5) is 4.39 Å². The third-order valence-corrected chi connectivity index (χ3v) is 2.38. The third-order valence-electron chi connectivity index (χ3n) is 2.38. The summed E-state index contributed by atoms with van der Waals surface area (Å²) in [6.45, 7) is 4.50. The minimum absolute atomic E-state index is 0.0322. The van der Waals surface area contributed by atoms with E-state index in [1.54, 1.807) is 0 Å². The van der Waals surface area contributed by atoms with Gasteiger partial charge in [-0.25, -0.2) is 4.39 Å². The summed E-state index contributed by atoms with van der Waals surface area (Å²) in [6, 6.07) is 10.0. The van der Waals surface area contributed by atoms with E-state index in [1.165, 1.54) is 5.56 Å². The summed E-state index contributed by atoms with van der Waals surface area (Å²) >= 11 is 0. The SMILES string of the molecule is CC(C)[C@@H](CF)NCc1ccccc1. The maximum atomic E-state index is 12.5. The highest BCUT2D eigenvalue weighted by Crippen LogP contribution is 2.04. The van der Waals surface area contributed by atoms with Gasteiger partial charge in [0.25, 0.3) is 0 Å². The first-order chi connectivity index (χ1) is 6.74. The van der Waals surface area contributed by atoms with Crippen LogP contribution in [0.15, 0.2) is 30.3 Å². The molecule has 0 amide bonds. The van der Waals surface area contributed by atoms with E-state index in [0.717, 1.165) is 6.54 Å². The van der Waals surface area contributed by atoms with Gasteiger partial charge in [0.05, 0.1) is 0 Å². The molecule has 1 N–H and O–H groups in total. The molecule has 0 aliphatic carbocycles. The smallest absolute Gasteiger partial charge is 0.105 e. The Hall–Kier alpha value is -0.890. The van der Waals surface area contributed by atoms with Gasteiger partial charge in [-0.15, -0.1) is 0 Å². The Morgan fingerprint density at radius 3 is 2.36 bits per heavy atom. The Bertz CT molecular complexity index is 246. The molecule has 0 fully saturated rings. The summed E-state index contributed by atoms with van der Waals surface area (Å²) < 4.78 is 12.5. The van der Waals surface area contributed by atoms with Crippen LogP contribution in [-0.2, 0) is 6.54 Å². The number of nitrogens with one attached hydrogen (secondary N) is 1. The highest BCUT2D eigenvalue weighted by Gasteiger charge is 2.11. The van der Waals surface area contributed by atoms with Gasteiger partial charge >= 0.3 is 0 Å². The van der Waals surface area contributed by atoms with Crippen LogP contribution in [-0.4, -0.2) is 12.7 Å². The van der Waals surface area contributed by atoms with E-state index in [1.807, 2.05) is 44.2 Å². The summed E-state index contributed by atoms with van der Waals surface area (Å²) in [7, 11) is 0. The molecular weight excluding hydrogens is 177 g/mol. The molecule has 0 bridgehead atoms. The van der Waals surface area contributed by atoms with Gasteiger partial charge in [-0.2, -0.15) is 0 Å².